The van der Waals surface area contributed by atoms with E-state index >= 15 is 0 Å². The molecule has 0 aromatic carbocycles. The third-order valence-electron chi connectivity index (χ3n) is 5.80. The minimum atomic E-state index is -4.81. The highest BCUT2D eigenvalue weighted by Gasteiger charge is 2.70. The van der Waals surface area contributed by atoms with E-state index in [4.69, 9.17) is 14.3 Å². The Morgan fingerprint density at radius 2 is 2.03 bits per heavy atom. The lowest BCUT2D eigenvalue weighted by molar-refractivity contribution is -0.659. The molecular formula is C14H22N5O8P2+. The molecule has 15 heteroatoms. The molecule has 5 N–H and O–H groups in total. The van der Waals surface area contributed by atoms with Crippen molar-refractivity contribution in [2.75, 3.05) is 19.0 Å². The van der Waals surface area contributed by atoms with Crippen LogP contribution >= 0.6 is 15.6 Å². The number of hydrogen-bond donors (Lipinski definition) is 5. The number of aromatic nitrogens is 4. The molecule has 0 aliphatic heterocycles. The number of aryl methyl sites for hydroxylation is 1. The summed E-state index contributed by atoms with van der Waals surface area (Å²) in [4.78, 5) is 45.6. The van der Waals surface area contributed by atoms with E-state index in [1.807, 2.05) is 11.6 Å². The summed E-state index contributed by atoms with van der Waals surface area (Å²) < 4.78 is 35.9. The monoisotopic (exact) mass is 450 g/mol. The molecule has 4 rings (SSSR count). The van der Waals surface area contributed by atoms with Gasteiger partial charge in [0.05, 0.1) is 26.1 Å². The lowest BCUT2D eigenvalue weighted by Crippen LogP contribution is -2.32. The maximum absolute atomic E-state index is 11.5. The Balaban J connectivity index is 1.69. The van der Waals surface area contributed by atoms with Crippen LogP contribution in [0.2, 0.25) is 0 Å². The first-order valence-electron chi connectivity index (χ1n) is 8.78. The van der Waals surface area contributed by atoms with Crippen LogP contribution < -0.4 is 9.88 Å². The number of imidazole rings is 1. The number of hydrogen-bond acceptors (Lipinski definition) is 7. The first kappa shape index (κ1) is 20.8. The maximum Gasteiger partial charge on any atom is 0.469 e. The molecule has 29 heavy (non-hydrogen) atoms. The molecule has 2 aromatic heterocycles. The standard InChI is InChI=1S/C14H21N5O8P2/c1-15-12-11-13(17-6-18(12)2)19(7-16-11)9-3-10(27-29(23,24)25)14(4-8(9)14)5-26-28(20,21)22/h6-10H,3-5H2,1-2H3,(H4,20,21,22,23,24,25)/p+1/t8-,9+,10+,14+/m1/s1. The van der Waals surface area contributed by atoms with Gasteiger partial charge in [0.2, 0.25) is 12.0 Å². The predicted octanol–water partition coefficient (Wildman–Crippen LogP) is -0.164. The molecule has 2 saturated carbocycles. The largest absolute Gasteiger partial charge is 0.469 e. The zero-order chi connectivity index (χ0) is 21.2. The second-order valence-corrected chi connectivity index (χ2v) is 9.90. The highest BCUT2D eigenvalue weighted by atomic mass is 31.2. The van der Waals surface area contributed by atoms with E-state index in [2.05, 4.69) is 19.8 Å². The minimum absolute atomic E-state index is 0.156. The second kappa shape index (κ2) is 6.79. The van der Waals surface area contributed by atoms with Gasteiger partial charge in [0.1, 0.15) is 0 Å². The smallest absolute Gasteiger partial charge is 0.306 e. The zero-order valence-electron chi connectivity index (χ0n) is 15.6. The molecule has 4 atom stereocenters. The topological polar surface area (TPSA) is 180 Å². The summed E-state index contributed by atoms with van der Waals surface area (Å²) in [6, 6.07) is -0.262. The fourth-order valence-corrected chi connectivity index (χ4v) is 5.53. The van der Waals surface area contributed by atoms with Crippen molar-refractivity contribution in [3.05, 3.63) is 12.7 Å². The fourth-order valence-electron chi connectivity index (χ4n) is 4.50. The van der Waals surface area contributed by atoms with Crippen molar-refractivity contribution < 1.29 is 42.3 Å². The van der Waals surface area contributed by atoms with Crippen molar-refractivity contribution in [2.45, 2.75) is 25.0 Å². The van der Waals surface area contributed by atoms with Gasteiger partial charge in [0.25, 0.3) is 5.82 Å². The molecular weight excluding hydrogens is 428 g/mol. The normalized spacial score (nSPS) is 29.2. The van der Waals surface area contributed by atoms with Gasteiger partial charge in [-0.25, -0.2) is 18.7 Å². The average molecular weight is 450 g/mol. The molecule has 160 valence electrons. The lowest BCUT2D eigenvalue weighted by Gasteiger charge is -2.24. The molecule has 13 nitrogen and oxygen atoms in total. The first-order chi connectivity index (χ1) is 13.5. The SMILES string of the molecule is CNc1c2ncn([C@H]3C[C@H](OP(=O)(O)O)[C@]4(COP(=O)(O)O)C[C@H]34)c2nc[n+]1C. The summed E-state index contributed by atoms with van der Waals surface area (Å²) in [5, 5.41) is 3.06. The molecule has 0 radical (unpaired) electrons. The van der Waals surface area contributed by atoms with Crippen molar-refractivity contribution in [3.8, 4) is 0 Å². The Morgan fingerprint density at radius 1 is 1.31 bits per heavy atom. The van der Waals surface area contributed by atoms with Crippen molar-refractivity contribution in [1.82, 2.24) is 14.5 Å². The summed E-state index contributed by atoms with van der Waals surface area (Å²) in [7, 11) is -5.96. The molecule has 2 heterocycles. The third-order valence-corrected chi connectivity index (χ3v) is 6.79. The van der Waals surface area contributed by atoms with Crippen LogP contribution in [0.3, 0.4) is 0 Å². The Labute approximate surface area is 165 Å². The lowest BCUT2D eigenvalue weighted by atomic mass is 10.0. The molecule has 0 bridgehead atoms. The van der Waals surface area contributed by atoms with Crippen LogP contribution in [0.5, 0.6) is 0 Å². The summed E-state index contributed by atoms with van der Waals surface area (Å²) in [5.74, 6) is 0.596. The van der Waals surface area contributed by atoms with Gasteiger partial charge in [-0.15, -0.1) is 0 Å². The summed E-state index contributed by atoms with van der Waals surface area (Å²) in [6.07, 6.45) is 2.98. The Morgan fingerprint density at radius 3 is 2.66 bits per heavy atom. The van der Waals surface area contributed by atoms with Crippen LogP contribution in [0.15, 0.2) is 12.7 Å². The van der Waals surface area contributed by atoms with Gasteiger partial charge in [-0.1, -0.05) is 4.98 Å². The molecule has 2 aliphatic carbocycles. The van der Waals surface area contributed by atoms with Crippen LogP contribution in [0.1, 0.15) is 18.9 Å². The Hall–Kier alpha value is -1.43. The number of phosphoric ester groups is 2. The fraction of sp³-hybridized carbons (Fsp3) is 0.643. The number of fused-ring (bicyclic) bond motifs is 2. The summed E-state index contributed by atoms with van der Waals surface area (Å²) in [5.41, 5.74) is 0.329. The van der Waals surface area contributed by atoms with Crippen LogP contribution in [0.4, 0.5) is 5.82 Å². The van der Waals surface area contributed by atoms with E-state index in [9.17, 15) is 18.9 Å². The highest BCUT2D eigenvalue weighted by Crippen LogP contribution is 2.71. The van der Waals surface area contributed by atoms with Gasteiger partial charge < -0.3 is 24.9 Å². The summed E-state index contributed by atoms with van der Waals surface area (Å²) >= 11 is 0. The first-order valence-corrected chi connectivity index (χ1v) is 11.8. The van der Waals surface area contributed by atoms with Crippen molar-refractivity contribution >= 4 is 32.6 Å². The van der Waals surface area contributed by atoms with Gasteiger partial charge in [0.15, 0.2) is 5.52 Å². The van der Waals surface area contributed by atoms with E-state index in [0.717, 1.165) is 5.82 Å². The molecule has 2 aromatic rings. The van der Waals surface area contributed by atoms with Crippen LogP contribution in [0.25, 0.3) is 11.2 Å². The van der Waals surface area contributed by atoms with E-state index < -0.39 is 27.2 Å². The van der Waals surface area contributed by atoms with Crippen LogP contribution in [0, 0.1) is 11.3 Å². The number of nitrogens with zero attached hydrogens (tertiary/aromatic N) is 4. The molecule has 0 saturated heterocycles. The van der Waals surface area contributed by atoms with Crippen LogP contribution in [-0.2, 0) is 25.2 Å². The van der Waals surface area contributed by atoms with E-state index in [1.165, 1.54) is 0 Å². The third kappa shape index (κ3) is 3.73. The van der Waals surface area contributed by atoms with E-state index in [-0.39, 0.29) is 25.0 Å². The van der Waals surface area contributed by atoms with E-state index in [1.54, 1.807) is 24.3 Å². The molecule has 2 fully saturated rings. The summed E-state index contributed by atoms with van der Waals surface area (Å²) in [6.45, 7) is -0.361. The number of nitrogens with one attached hydrogen (secondary N) is 1. The Bertz CT molecular complexity index is 1050. The van der Waals surface area contributed by atoms with Gasteiger partial charge in [0, 0.05) is 18.5 Å². The second-order valence-electron chi connectivity index (χ2n) is 7.47. The van der Waals surface area contributed by atoms with Gasteiger partial charge in [-0.3, -0.25) is 13.6 Å². The highest BCUT2D eigenvalue weighted by molar-refractivity contribution is 7.46. The Kier molecular flexibility index (Phi) is 4.88. The average Bonchev–Trinajstić information content (AvgIpc) is 3.07. The van der Waals surface area contributed by atoms with E-state index in [0.29, 0.717) is 17.6 Å². The van der Waals surface area contributed by atoms with Gasteiger partial charge in [-0.2, -0.15) is 0 Å². The van der Waals surface area contributed by atoms with Crippen molar-refractivity contribution in [3.63, 3.8) is 0 Å². The molecule has 0 unspecified atom stereocenters. The van der Waals surface area contributed by atoms with Crippen molar-refractivity contribution in [2.24, 2.45) is 18.4 Å². The molecule has 0 spiro atoms. The molecule has 2 aliphatic rings. The minimum Gasteiger partial charge on any atom is -0.306 e. The number of rotatable bonds is 7. The van der Waals surface area contributed by atoms with Crippen LogP contribution in [-0.4, -0.2) is 53.9 Å². The van der Waals surface area contributed by atoms with Crippen molar-refractivity contribution in [1.29, 1.82) is 0 Å². The maximum atomic E-state index is 11.5. The molecule has 0 amide bonds. The predicted molar refractivity (Wildman–Crippen MR) is 97.4 cm³/mol. The quantitative estimate of drug-likeness (QED) is 0.279. The van der Waals surface area contributed by atoms with Gasteiger partial charge in [-0.05, 0) is 18.8 Å². The zero-order valence-corrected chi connectivity index (χ0v) is 17.4. The number of phosphoric acid groups is 2. The van der Waals surface area contributed by atoms with Gasteiger partial charge >= 0.3 is 15.6 Å². The number of anilines is 1.